The SMILES string of the molecule is CN=C(NCc1ccn[nH]1)N1CCC(=Cc2ccccc2)CC1. The average molecular weight is 309 g/mol. The fraction of sp³-hybridized carbons (Fsp3) is 0.333. The molecule has 5 heteroatoms. The highest BCUT2D eigenvalue weighted by atomic mass is 15.3. The molecule has 2 heterocycles. The minimum Gasteiger partial charge on any atom is -0.351 e. The highest BCUT2D eigenvalue weighted by Crippen LogP contribution is 2.19. The lowest BCUT2D eigenvalue weighted by molar-refractivity contribution is 0.375. The molecular formula is C18H23N5. The second-order valence-corrected chi connectivity index (χ2v) is 5.68. The number of nitrogens with zero attached hydrogens (tertiary/aromatic N) is 3. The van der Waals surface area contributed by atoms with E-state index in [-0.39, 0.29) is 0 Å². The van der Waals surface area contributed by atoms with Crippen molar-refractivity contribution < 1.29 is 0 Å². The Morgan fingerprint density at radius 1 is 1.26 bits per heavy atom. The van der Waals surface area contributed by atoms with Gasteiger partial charge < -0.3 is 10.2 Å². The van der Waals surface area contributed by atoms with E-state index < -0.39 is 0 Å². The average Bonchev–Trinajstić information content (AvgIpc) is 3.11. The number of hydrogen-bond donors (Lipinski definition) is 2. The van der Waals surface area contributed by atoms with Crippen molar-refractivity contribution in [1.29, 1.82) is 0 Å². The Morgan fingerprint density at radius 3 is 2.70 bits per heavy atom. The molecule has 1 aliphatic heterocycles. The molecule has 120 valence electrons. The van der Waals surface area contributed by atoms with Crippen LogP contribution in [-0.4, -0.2) is 41.2 Å². The van der Waals surface area contributed by atoms with Gasteiger partial charge in [0.15, 0.2) is 5.96 Å². The Labute approximate surface area is 137 Å². The summed E-state index contributed by atoms with van der Waals surface area (Å²) < 4.78 is 0. The van der Waals surface area contributed by atoms with Crippen LogP contribution in [-0.2, 0) is 6.54 Å². The molecule has 1 saturated heterocycles. The first kappa shape index (κ1) is 15.3. The zero-order valence-corrected chi connectivity index (χ0v) is 13.5. The maximum atomic E-state index is 4.40. The Hall–Kier alpha value is -2.56. The van der Waals surface area contributed by atoms with Crippen molar-refractivity contribution in [2.24, 2.45) is 4.99 Å². The summed E-state index contributed by atoms with van der Waals surface area (Å²) in [6, 6.07) is 12.5. The van der Waals surface area contributed by atoms with Crippen LogP contribution in [0.15, 0.2) is 53.2 Å². The molecule has 23 heavy (non-hydrogen) atoms. The fourth-order valence-corrected chi connectivity index (χ4v) is 2.82. The van der Waals surface area contributed by atoms with E-state index in [0.29, 0.717) is 0 Å². The summed E-state index contributed by atoms with van der Waals surface area (Å²) in [4.78, 5) is 6.72. The highest BCUT2D eigenvalue weighted by molar-refractivity contribution is 5.80. The number of piperidine rings is 1. The summed E-state index contributed by atoms with van der Waals surface area (Å²) in [5.41, 5.74) is 3.86. The Morgan fingerprint density at radius 2 is 2.04 bits per heavy atom. The second kappa shape index (κ2) is 7.63. The molecule has 0 atom stereocenters. The number of aromatic nitrogens is 2. The van der Waals surface area contributed by atoms with Gasteiger partial charge in [0.1, 0.15) is 0 Å². The third-order valence-electron chi connectivity index (χ3n) is 4.08. The highest BCUT2D eigenvalue weighted by Gasteiger charge is 2.17. The van der Waals surface area contributed by atoms with Crippen molar-refractivity contribution in [1.82, 2.24) is 20.4 Å². The maximum Gasteiger partial charge on any atom is 0.193 e. The molecule has 0 amide bonds. The summed E-state index contributed by atoms with van der Waals surface area (Å²) >= 11 is 0. The van der Waals surface area contributed by atoms with Gasteiger partial charge in [0.25, 0.3) is 0 Å². The van der Waals surface area contributed by atoms with E-state index in [1.165, 1.54) is 11.1 Å². The van der Waals surface area contributed by atoms with Gasteiger partial charge in [-0.1, -0.05) is 42.0 Å². The number of hydrogen-bond acceptors (Lipinski definition) is 2. The molecule has 5 nitrogen and oxygen atoms in total. The number of aromatic amines is 1. The van der Waals surface area contributed by atoms with Crippen LogP contribution in [0.2, 0.25) is 0 Å². The quantitative estimate of drug-likeness (QED) is 0.677. The van der Waals surface area contributed by atoms with Gasteiger partial charge in [0, 0.05) is 26.3 Å². The summed E-state index contributed by atoms with van der Waals surface area (Å²) in [6.07, 6.45) is 6.25. The van der Waals surface area contributed by atoms with E-state index in [2.05, 4.69) is 61.8 Å². The van der Waals surface area contributed by atoms with Gasteiger partial charge in [-0.3, -0.25) is 10.1 Å². The summed E-state index contributed by atoms with van der Waals surface area (Å²) in [6.45, 7) is 2.72. The molecule has 0 aliphatic carbocycles. The van der Waals surface area contributed by atoms with Gasteiger partial charge in [-0.15, -0.1) is 0 Å². The topological polar surface area (TPSA) is 56.3 Å². The van der Waals surface area contributed by atoms with E-state index in [1.807, 2.05) is 13.1 Å². The number of rotatable bonds is 3. The third kappa shape index (κ3) is 4.22. The van der Waals surface area contributed by atoms with Gasteiger partial charge in [-0.05, 0) is 24.5 Å². The van der Waals surface area contributed by atoms with Gasteiger partial charge in [-0.2, -0.15) is 5.10 Å². The van der Waals surface area contributed by atoms with E-state index >= 15 is 0 Å². The minimum atomic E-state index is 0.718. The van der Waals surface area contributed by atoms with Crippen LogP contribution in [0.5, 0.6) is 0 Å². The Balaban J connectivity index is 1.54. The Kier molecular flexibility index (Phi) is 5.09. The molecular weight excluding hydrogens is 286 g/mol. The first-order valence-corrected chi connectivity index (χ1v) is 8.03. The monoisotopic (exact) mass is 309 g/mol. The van der Waals surface area contributed by atoms with Crippen molar-refractivity contribution in [2.45, 2.75) is 19.4 Å². The molecule has 3 rings (SSSR count). The first-order chi connectivity index (χ1) is 11.3. The molecule has 0 saturated carbocycles. The van der Waals surface area contributed by atoms with Crippen LogP contribution in [0.25, 0.3) is 6.08 Å². The number of H-pyrrole nitrogens is 1. The molecule has 1 aromatic heterocycles. The van der Waals surface area contributed by atoms with E-state index in [4.69, 9.17) is 0 Å². The normalized spacial score (nSPS) is 15.6. The van der Waals surface area contributed by atoms with Gasteiger partial charge in [-0.25, -0.2) is 0 Å². The lowest BCUT2D eigenvalue weighted by Gasteiger charge is -2.31. The molecule has 0 bridgehead atoms. The zero-order valence-electron chi connectivity index (χ0n) is 13.5. The second-order valence-electron chi connectivity index (χ2n) is 5.68. The number of likely N-dealkylation sites (tertiary alicyclic amines) is 1. The molecule has 0 unspecified atom stereocenters. The lowest BCUT2D eigenvalue weighted by Crippen LogP contribution is -2.44. The standard InChI is InChI=1S/C18H23N5/c1-19-18(20-14-17-7-10-21-22-17)23-11-8-16(9-12-23)13-15-5-3-2-4-6-15/h2-7,10,13H,8-9,11-12,14H2,1H3,(H,19,20)(H,21,22). The molecule has 1 aliphatic rings. The smallest absolute Gasteiger partial charge is 0.193 e. The van der Waals surface area contributed by atoms with Gasteiger partial charge in [0.05, 0.1) is 12.2 Å². The van der Waals surface area contributed by atoms with Crippen LogP contribution < -0.4 is 5.32 Å². The predicted octanol–water partition coefficient (Wildman–Crippen LogP) is 2.66. The van der Waals surface area contributed by atoms with E-state index in [1.54, 1.807) is 6.20 Å². The number of nitrogens with one attached hydrogen (secondary N) is 2. The van der Waals surface area contributed by atoms with E-state index in [0.717, 1.165) is 44.1 Å². The number of aliphatic imine (C=N–C) groups is 1. The van der Waals surface area contributed by atoms with Crippen molar-refractivity contribution in [3.05, 3.63) is 59.4 Å². The summed E-state index contributed by atoms with van der Waals surface area (Å²) in [5, 5.41) is 10.3. The maximum absolute atomic E-state index is 4.40. The minimum absolute atomic E-state index is 0.718. The molecule has 2 N–H and O–H groups in total. The van der Waals surface area contributed by atoms with Crippen LogP contribution in [0, 0.1) is 0 Å². The summed E-state index contributed by atoms with van der Waals surface area (Å²) in [5.74, 6) is 0.957. The van der Waals surface area contributed by atoms with Gasteiger partial charge >= 0.3 is 0 Å². The largest absolute Gasteiger partial charge is 0.351 e. The molecule has 1 fully saturated rings. The van der Waals surface area contributed by atoms with Crippen LogP contribution in [0.1, 0.15) is 24.1 Å². The molecule has 0 spiro atoms. The first-order valence-electron chi connectivity index (χ1n) is 8.03. The van der Waals surface area contributed by atoms with Crippen molar-refractivity contribution in [2.75, 3.05) is 20.1 Å². The lowest BCUT2D eigenvalue weighted by atomic mass is 10.0. The van der Waals surface area contributed by atoms with Crippen molar-refractivity contribution >= 4 is 12.0 Å². The molecule has 2 aromatic rings. The number of guanidine groups is 1. The Bertz CT molecular complexity index is 648. The van der Waals surface area contributed by atoms with E-state index in [9.17, 15) is 0 Å². The fourth-order valence-electron chi connectivity index (χ4n) is 2.82. The summed E-state index contributed by atoms with van der Waals surface area (Å²) in [7, 11) is 1.84. The predicted molar refractivity (Wildman–Crippen MR) is 94.0 cm³/mol. The number of benzene rings is 1. The van der Waals surface area contributed by atoms with Crippen LogP contribution >= 0.6 is 0 Å². The van der Waals surface area contributed by atoms with Crippen LogP contribution in [0.3, 0.4) is 0 Å². The van der Waals surface area contributed by atoms with Crippen molar-refractivity contribution in [3.8, 4) is 0 Å². The van der Waals surface area contributed by atoms with Crippen molar-refractivity contribution in [3.63, 3.8) is 0 Å². The molecule has 0 radical (unpaired) electrons. The molecule has 1 aromatic carbocycles. The van der Waals surface area contributed by atoms with Crippen LogP contribution in [0.4, 0.5) is 0 Å². The van der Waals surface area contributed by atoms with Gasteiger partial charge in [0.2, 0.25) is 0 Å². The third-order valence-corrected chi connectivity index (χ3v) is 4.08. The zero-order chi connectivity index (χ0) is 15.9.